The molecule has 0 saturated carbocycles. The second-order valence-electron chi connectivity index (χ2n) is 5.38. The summed E-state index contributed by atoms with van der Waals surface area (Å²) in [4.78, 5) is 11.8. The van der Waals surface area contributed by atoms with Crippen LogP contribution in [0.15, 0.2) is 41.1 Å². The Bertz CT molecular complexity index is 747. The van der Waals surface area contributed by atoms with Gasteiger partial charge >= 0.3 is 0 Å². The Morgan fingerprint density at radius 2 is 2.29 bits per heavy atom. The highest BCUT2D eigenvalue weighted by Crippen LogP contribution is 2.34. The molecule has 0 radical (unpaired) electrons. The zero-order chi connectivity index (χ0) is 14.2. The van der Waals surface area contributed by atoms with E-state index in [4.69, 9.17) is 9.40 Å². The number of hydrogen-bond acceptors (Lipinski definition) is 4. The fourth-order valence-corrected chi connectivity index (χ4v) is 3.26. The number of hydrogen-bond donors (Lipinski definition) is 0. The second-order valence-corrected chi connectivity index (χ2v) is 5.38. The van der Waals surface area contributed by atoms with E-state index in [9.17, 15) is 0 Å². The molecule has 1 fully saturated rings. The zero-order valence-electron chi connectivity index (χ0n) is 12.1. The fraction of sp³-hybridized carbons (Fsp3) is 0.375. The molecule has 5 heteroatoms. The van der Waals surface area contributed by atoms with E-state index in [0.29, 0.717) is 6.17 Å². The third-order valence-corrected chi connectivity index (χ3v) is 4.22. The average molecular weight is 282 g/mol. The Balaban J connectivity index is 1.94. The van der Waals surface area contributed by atoms with Crippen LogP contribution in [0.2, 0.25) is 0 Å². The van der Waals surface area contributed by atoms with Crippen LogP contribution >= 0.6 is 0 Å². The van der Waals surface area contributed by atoms with Crippen molar-refractivity contribution < 1.29 is 4.42 Å². The summed E-state index contributed by atoms with van der Waals surface area (Å²) in [6.45, 7) is 4.37. The minimum atomic E-state index is 0.315. The topological polar surface area (TPSA) is 47.1 Å². The summed E-state index contributed by atoms with van der Waals surface area (Å²) in [5.41, 5.74) is 1.86. The van der Waals surface area contributed by atoms with Crippen LogP contribution in [0.3, 0.4) is 0 Å². The number of furan rings is 1. The van der Waals surface area contributed by atoms with Gasteiger partial charge in [0.05, 0.1) is 12.4 Å². The number of imidazole rings is 1. The van der Waals surface area contributed by atoms with Crippen LogP contribution in [0.1, 0.15) is 25.9 Å². The minimum Gasteiger partial charge on any atom is -0.461 e. The predicted molar refractivity (Wildman–Crippen MR) is 80.7 cm³/mol. The summed E-state index contributed by atoms with van der Waals surface area (Å²) in [6, 6.07) is 7.80. The van der Waals surface area contributed by atoms with Gasteiger partial charge in [0.2, 0.25) is 0 Å². The molecule has 0 amide bonds. The second kappa shape index (κ2) is 5.00. The quantitative estimate of drug-likeness (QED) is 0.739. The van der Waals surface area contributed by atoms with Crippen molar-refractivity contribution in [1.82, 2.24) is 19.4 Å². The van der Waals surface area contributed by atoms with Crippen LogP contribution in [-0.4, -0.2) is 32.5 Å². The van der Waals surface area contributed by atoms with Gasteiger partial charge in [0.1, 0.15) is 5.52 Å². The van der Waals surface area contributed by atoms with Crippen LogP contribution in [-0.2, 0) is 0 Å². The summed E-state index contributed by atoms with van der Waals surface area (Å²) in [5, 5.41) is 0. The summed E-state index contributed by atoms with van der Waals surface area (Å²) in [7, 11) is 0. The van der Waals surface area contributed by atoms with Gasteiger partial charge in [-0.25, -0.2) is 9.97 Å². The molecule has 0 N–H and O–H groups in total. The van der Waals surface area contributed by atoms with Crippen molar-refractivity contribution in [3.05, 3.63) is 36.7 Å². The van der Waals surface area contributed by atoms with Crippen molar-refractivity contribution >= 4 is 11.2 Å². The SMILES string of the molecule is CCN1CCCC1n1c(-c2ccco2)nc2cccnc21. The van der Waals surface area contributed by atoms with Crippen LogP contribution in [0, 0.1) is 0 Å². The lowest BCUT2D eigenvalue weighted by Gasteiger charge is -2.25. The van der Waals surface area contributed by atoms with Gasteiger partial charge in [-0.3, -0.25) is 9.47 Å². The largest absolute Gasteiger partial charge is 0.461 e. The van der Waals surface area contributed by atoms with Gasteiger partial charge in [0, 0.05) is 12.7 Å². The third-order valence-electron chi connectivity index (χ3n) is 4.22. The molecule has 21 heavy (non-hydrogen) atoms. The maximum atomic E-state index is 5.59. The number of fused-ring (bicyclic) bond motifs is 1. The molecule has 3 aromatic heterocycles. The Kier molecular flexibility index (Phi) is 3.00. The van der Waals surface area contributed by atoms with Gasteiger partial charge < -0.3 is 4.42 Å². The lowest BCUT2D eigenvalue weighted by molar-refractivity contribution is 0.208. The van der Waals surface area contributed by atoms with Crippen molar-refractivity contribution in [3.8, 4) is 11.6 Å². The van der Waals surface area contributed by atoms with E-state index in [0.717, 1.165) is 42.3 Å². The molecule has 4 rings (SSSR count). The molecule has 1 aliphatic heterocycles. The zero-order valence-corrected chi connectivity index (χ0v) is 12.1. The normalized spacial score (nSPS) is 19.6. The molecule has 5 nitrogen and oxygen atoms in total. The number of nitrogens with zero attached hydrogens (tertiary/aromatic N) is 4. The van der Waals surface area contributed by atoms with E-state index >= 15 is 0 Å². The maximum Gasteiger partial charge on any atom is 0.179 e. The van der Waals surface area contributed by atoms with Crippen molar-refractivity contribution in [2.24, 2.45) is 0 Å². The van der Waals surface area contributed by atoms with Crippen molar-refractivity contribution in [3.63, 3.8) is 0 Å². The van der Waals surface area contributed by atoms with E-state index in [1.807, 2.05) is 30.5 Å². The molecule has 1 unspecified atom stereocenters. The molecule has 0 bridgehead atoms. The molecule has 4 heterocycles. The number of rotatable bonds is 3. The number of pyridine rings is 1. The summed E-state index contributed by atoms with van der Waals surface area (Å²) >= 11 is 0. The molecule has 1 atom stereocenters. The van der Waals surface area contributed by atoms with E-state index < -0.39 is 0 Å². The number of aromatic nitrogens is 3. The smallest absolute Gasteiger partial charge is 0.179 e. The van der Waals surface area contributed by atoms with Crippen LogP contribution in [0.4, 0.5) is 0 Å². The van der Waals surface area contributed by atoms with Crippen LogP contribution < -0.4 is 0 Å². The van der Waals surface area contributed by atoms with Gasteiger partial charge in [-0.05, 0) is 43.7 Å². The van der Waals surface area contributed by atoms with Gasteiger partial charge in [-0.1, -0.05) is 6.92 Å². The Morgan fingerprint density at radius 1 is 1.33 bits per heavy atom. The molecule has 108 valence electrons. The average Bonchev–Trinajstić information content (AvgIpc) is 3.24. The monoisotopic (exact) mass is 282 g/mol. The first-order chi connectivity index (χ1) is 10.4. The first kappa shape index (κ1) is 12.6. The van der Waals surface area contributed by atoms with Crippen LogP contribution in [0.5, 0.6) is 0 Å². The highest BCUT2D eigenvalue weighted by Gasteiger charge is 2.29. The van der Waals surface area contributed by atoms with Crippen LogP contribution in [0.25, 0.3) is 22.7 Å². The summed E-state index contributed by atoms with van der Waals surface area (Å²) in [5.74, 6) is 1.68. The summed E-state index contributed by atoms with van der Waals surface area (Å²) in [6.07, 6.45) is 6.18. The van der Waals surface area contributed by atoms with Crippen molar-refractivity contribution in [2.75, 3.05) is 13.1 Å². The first-order valence-electron chi connectivity index (χ1n) is 7.49. The van der Waals surface area contributed by atoms with E-state index in [1.54, 1.807) is 6.26 Å². The van der Waals surface area contributed by atoms with E-state index in [-0.39, 0.29) is 0 Å². The molecular formula is C16H18N4O. The molecule has 1 saturated heterocycles. The Hall–Kier alpha value is -2.14. The highest BCUT2D eigenvalue weighted by molar-refractivity contribution is 5.76. The molecule has 3 aromatic rings. The standard InChI is InChI=1S/C16H18N4O/c1-2-19-10-4-8-14(19)20-15-12(6-3-9-17-15)18-16(20)13-7-5-11-21-13/h3,5-7,9,11,14H,2,4,8,10H2,1H3. The molecule has 0 spiro atoms. The first-order valence-corrected chi connectivity index (χ1v) is 7.49. The van der Waals surface area contributed by atoms with Crippen molar-refractivity contribution in [1.29, 1.82) is 0 Å². The maximum absolute atomic E-state index is 5.59. The molecule has 0 aliphatic carbocycles. The Labute approximate surface area is 123 Å². The van der Waals surface area contributed by atoms with Gasteiger partial charge in [-0.2, -0.15) is 0 Å². The van der Waals surface area contributed by atoms with E-state index in [1.165, 1.54) is 6.42 Å². The minimum absolute atomic E-state index is 0.315. The molecular weight excluding hydrogens is 264 g/mol. The molecule has 1 aliphatic rings. The highest BCUT2D eigenvalue weighted by atomic mass is 16.3. The lowest BCUT2D eigenvalue weighted by atomic mass is 10.3. The Morgan fingerprint density at radius 3 is 3.10 bits per heavy atom. The van der Waals surface area contributed by atoms with E-state index in [2.05, 4.69) is 21.4 Å². The molecule has 0 aromatic carbocycles. The van der Waals surface area contributed by atoms with Gasteiger partial charge in [0.25, 0.3) is 0 Å². The van der Waals surface area contributed by atoms with Gasteiger partial charge in [-0.15, -0.1) is 0 Å². The predicted octanol–water partition coefficient (Wildman–Crippen LogP) is 3.31. The fourth-order valence-electron chi connectivity index (χ4n) is 3.26. The van der Waals surface area contributed by atoms with Gasteiger partial charge in [0.15, 0.2) is 17.2 Å². The number of likely N-dealkylation sites (tertiary alicyclic amines) is 1. The van der Waals surface area contributed by atoms with Crippen molar-refractivity contribution in [2.45, 2.75) is 25.9 Å². The lowest BCUT2D eigenvalue weighted by Crippen LogP contribution is -2.27. The summed E-state index contributed by atoms with van der Waals surface area (Å²) < 4.78 is 7.83. The third kappa shape index (κ3) is 1.96.